The molecule has 1 heterocycles. The second-order valence-electron chi connectivity index (χ2n) is 4.10. The van der Waals surface area contributed by atoms with Crippen molar-refractivity contribution in [1.29, 1.82) is 0 Å². The molecule has 0 spiro atoms. The molecule has 5 heteroatoms. The van der Waals surface area contributed by atoms with Crippen molar-refractivity contribution in [3.05, 3.63) is 24.2 Å². The Bertz CT molecular complexity index is 370. The highest BCUT2D eigenvalue weighted by molar-refractivity contribution is 5.94. The normalized spacial score (nSPS) is 10.4. The van der Waals surface area contributed by atoms with Crippen molar-refractivity contribution in [2.75, 3.05) is 6.54 Å². The molecule has 0 aromatic carbocycles. The summed E-state index contributed by atoms with van der Waals surface area (Å²) in [5.41, 5.74) is 0.468. The molecule has 2 N–H and O–H groups in total. The van der Waals surface area contributed by atoms with E-state index < -0.39 is 0 Å². The van der Waals surface area contributed by atoms with Gasteiger partial charge in [0.15, 0.2) is 0 Å². The van der Waals surface area contributed by atoms with Gasteiger partial charge in [0.1, 0.15) is 6.26 Å². The molecule has 0 aliphatic rings. The van der Waals surface area contributed by atoms with Crippen molar-refractivity contribution in [3.63, 3.8) is 0 Å². The summed E-state index contributed by atoms with van der Waals surface area (Å²) in [4.78, 5) is 23.1. The lowest BCUT2D eigenvalue weighted by Crippen LogP contribution is -2.36. The van der Waals surface area contributed by atoms with Gasteiger partial charge in [-0.2, -0.15) is 0 Å². The Morgan fingerprint density at radius 1 is 1.33 bits per heavy atom. The summed E-state index contributed by atoms with van der Waals surface area (Å²) < 4.78 is 4.80. The third-order valence-corrected chi connectivity index (χ3v) is 2.77. The first kappa shape index (κ1) is 14.3. The lowest BCUT2D eigenvalue weighted by atomic mass is 10.1. The molecular formula is C13H20N2O3. The van der Waals surface area contributed by atoms with Gasteiger partial charge in [0, 0.05) is 19.0 Å². The number of rotatable bonds is 7. The fraction of sp³-hybridized carbons (Fsp3) is 0.538. The van der Waals surface area contributed by atoms with Crippen LogP contribution in [0.4, 0.5) is 0 Å². The Morgan fingerprint density at radius 3 is 2.61 bits per heavy atom. The molecule has 0 atom stereocenters. The number of amides is 2. The minimum absolute atomic E-state index is 0.0313. The average Bonchev–Trinajstić information content (AvgIpc) is 2.89. The van der Waals surface area contributed by atoms with Crippen molar-refractivity contribution in [3.8, 4) is 0 Å². The quantitative estimate of drug-likeness (QED) is 0.776. The van der Waals surface area contributed by atoms with Gasteiger partial charge >= 0.3 is 0 Å². The van der Waals surface area contributed by atoms with Crippen LogP contribution in [0.2, 0.25) is 0 Å². The maximum Gasteiger partial charge on any atom is 0.254 e. The summed E-state index contributed by atoms with van der Waals surface area (Å²) in [6.07, 6.45) is 4.95. The van der Waals surface area contributed by atoms with E-state index in [0.717, 1.165) is 12.8 Å². The monoisotopic (exact) mass is 252 g/mol. The van der Waals surface area contributed by atoms with Gasteiger partial charge in [0.2, 0.25) is 5.91 Å². The molecule has 0 aliphatic carbocycles. The summed E-state index contributed by atoms with van der Waals surface area (Å²) in [5.74, 6) is -0.254. The van der Waals surface area contributed by atoms with Gasteiger partial charge in [-0.05, 0) is 18.9 Å². The number of carbonyl (C=O) groups excluding carboxylic acids is 2. The zero-order valence-corrected chi connectivity index (χ0v) is 10.9. The molecule has 1 aromatic heterocycles. The van der Waals surface area contributed by atoms with Crippen LogP contribution in [0.25, 0.3) is 0 Å². The summed E-state index contributed by atoms with van der Waals surface area (Å²) in [6.45, 7) is 4.40. The Kier molecular flexibility index (Phi) is 5.97. The molecule has 1 aromatic rings. The first-order chi connectivity index (χ1) is 8.67. The summed E-state index contributed by atoms with van der Waals surface area (Å²) in [5, 5.41) is 5.58. The lowest BCUT2D eigenvalue weighted by molar-refractivity contribution is -0.121. The summed E-state index contributed by atoms with van der Waals surface area (Å²) in [7, 11) is 0. The highest BCUT2D eigenvalue weighted by atomic mass is 16.3. The van der Waals surface area contributed by atoms with Crippen molar-refractivity contribution in [2.24, 2.45) is 0 Å². The molecule has 0 radical (unpaired) electrons. The van der Waals surface area contributed by atoms with Crippen LogP contribution in [0, 0.1) is 0 Å². The number of hydrogen-bond donors (Lipinski definition) is 2. The third kappa shape index (κ3) is 4.61. The van der Waals surface area contributed by atoms with E-state index in [9.17, 15) is 9.59 Å². The van der Waals surface area contributed by atoms with Crippen LogP contribution in [0.3, 0.4) is 0 Å². The standard InChI is InChI=1S/C13H20N2O3/c1-3-11(4-2)15-12(16)5-7-14-13(17)10-6-8-18-9-10/h6,8-9,11H,3-5,7H2,1-2H3,(H,14,17)(H,15,16). The second-order valence-corrected chi connectivity index (χ2v) is 4.10. The van der Waals surface area contributed by atoms with E-state index >= 15 is 0 Å². The predicted octanol–water partition coefficient (Wildman–Crippen LogP) is 1.70. The minimum Gasteiger partial charge on any atom is -0.472 e. The van der Waals surface area contributed by atoms with E-state index in [0.29, 0.717) is 18.5 Å². The molecule has 0 aliphatic heterocycles. The van der Waals surface area contributed by atoms with Gasteiger partial charge in [-0.15, -0.1) is 0 Å². The largest absolute Gasteiger partial charge is 0.472 e. The molecule has 100 valence electrons. The average molecular weight is 252 g/mol. The first-order valence-corrected chi connectivity index (χ1v) is 6.27. The predicted molar refractivity (Wildman–Crippen MR) is 68.2 cm³/mol. The Labute approximate surface area is 107 Å². The zero-order chi connectivity index (χ0) is 13.4. The van der Waals surface area contributed by atoms with E-state index in [1.54, 1.807) is 6.07 Å². The Hall–Kier alpha value is -1.78. The van der Waals surface area contributed by atoms with Gasteiger partial charge in [0.25, 0.3) is 5.91 Å². The number of hydrogen-bond acceptors (Lipinski definition) is 3. The molecule has 0 saturated heterocycles. The van der Waals surface area contributed by atoms with E-state index in [1.165, 1.54) is 12.5 Å². The molecule has 1 rings (SSSR count). The van der Waals surface area contributed by atoms with Crippen molar-refractivity contribution >= 4 is 11.8 Å². The minimum atomic E-state index is -0.223. The van der Waals surface area contributed by atoms with Crippen LogP contribution in [0.1, 0.15) is 43.5 Å². The van der Waals surface area contributed by atoms with Crippen LogP contribution in [0.15, 0.2) is 23.0 Å². The van der Waals surface area contributed by atoms with E-state index in [-0.39, 0.29) is 17.9 Å². The third-order valence-electron chi connectivity index (χ3n) is 2.77. The number of carbonyl (C=O) groups is 2. The van der Waals surface area contributed by atoms with E-state index in [2.05, 4.69) is 10.6 Å². The summed E-state index contributed by atoms with van der Waals surface area (Å²) in [6, 6.07) is 1.81. The SMILES string of the molecule is CCC(CC)NC(=O)CCNC(=O)c1ccoc1. The Balaban J connectivity index is 2.21. The highest BCUT2D eigenvalue weighted by Crippen LogP contribution is 1.99. The smallest absolute Gasteiger partial charge is 0.254 e. The fourth-order valence-electron chi connectivity index (χ4n) is 1.58. The molecule has 0 bridgehead atoms. The first-order valence-electron chi connectivity index (χ1n) is 6.27. The molecule has 18 heavy (non-hydrogen) atoms. The van der Waals surface area contributed by atoms with Crippen LogP contribution in [-0.2, 0) is 4.79 Å². The fourth-order valence-corrected chi connectivity index (χ4v) is 1.58. The van der Waals surface area contributed by atoms with Crippen LogP contribution in [-0.4, -0.2) is 24.4 Å². The van der Waals surface area contributed by atoms with Crippen molar-refractivity contribution in [2.45, 2.75) is 39.2 Å². The maximum absolute atomic E-state index is 11.6. The van der Waals surface area contributed by atoms with Crippen LogP contribution in [0.5, 0.6) is 0 Å². The van der Waals surface area contributed by atoms with Gasteiger partial charge in [-0.1, -0.05) is 13.8 Å². The van der Waals surface area contributed by atoms with Gasteiger partial charge in [0.05, 0.1) is 11.8 Å². The topological polar surface area (TPSA) is 71.3 Å². The molecular weight excluding hydrogens is 232 g/mol. The maximum atomic E-state index is 11.6. The second kappa shape index (κ2) is 7.53. The van der Waals surface area contributed by atoms with Crippen LogP contribution >= 0.6 is 0 Å². The summed E-state index contributed by atoms with van der Waals surface area (Å²) >= 11 is 0. The number of furan rings is 1. The van der Waals surface area contributed by atoms with E-state index in [4.69, 9.17) is 4.42 Å². The molecule has 2 amide bonds. The van der Waals surface area contributed by atoms with Crippen molar-refractivity contribution < 1.29 is 14.0 Å². The van der Waals surface area contributed by atoms with Gasteiger partial charge in [-0.25, -0.2) is 0 Å². The molecule has 0 unspecified atom stereocenters. The zero-order valence-electron chi connectivity index (χ0n) is 10.9. The lowest BCUT2D eigenvalue weighted by Gasteiger charge is -2.14. The van der Waals surface area contributed by atoms with Gasteiger partial charge in [-0.3, -0.25) is 9.59 Å². The van der Waals surface area contributed by atoms with E-state index in [1.807, 2.05) is 13.8 Å². The molecule has 0 fully saturated rings. The molecule has 5 nitrogen and oxygen atoms in total. The number of nitrogens with one attached hydrogen (secondary N) is 2. The van der Waals surface area contributed by atoms with Gasteiger partial charge < -0.3 is 15.1 Å². The Morgan fingerprint density at radius 2 is 2.06 bits per heavy atom. The molecule has 0 saturated carbocycles. The van der Waals surface area contributed by atoms with Crippen molar-refractivity contribution in [1.82, 2.24) is 10.6 Å². The highest BCUT2D eigenvalue weighted by Gasteiger charge is 2.10. The van der Waals surface area contributed by atoms with Crippen LogP contribution < -0.4 is 10.6 Å².